The summed E-state index contributed by atoms with van der Waals surface area (Å²) in [7, 11) is 0. The summed E-state index contributed by atoms with van der Waals surface area (Å²) in [4.78, 5) is 40.2. The summed E-state index contributed by atoms with van der Waals surface area (Å²) in [6, 6.07) is 12.6. The summed E-state index contributed by atoms with van der Waals surface area (Å²) >= 11 is 0. The molecule has 0 saturated carbocycles. The Morgan fingerprint density at radius 2 is 1.81 bits per heavy atom. The fourth-order valence-electron chi connectivity index (χ4n) is 3.98. The number of imide groups is 1. The number of ether oxygens (including phenoxy) is 1. The molecule has 4 rings (SSSR count). The van der Waals surface area contributed by atoms with Crippen LogP contribution in [0.25, 0.3) is 0 Å². The molecular formula is C23H25FN4O4. The lowest BCUT2D eigenvalue weighted by atomic mass is 10.0. The third-order valence-electron chi connectivity index (χ3n) is 5.72. The number of urea groups is 1. The SMILES string of the molecule is O=C(NCC(c1ccc(F)cc1)N1CCOCC1)c1ccccc1CN1C(=O)CNC1=O. The lowest BCUT2D eigenvalue weighted by molar-refractivity contribution is -0.125. The maximum atomic E-state index is 13.4. The Hall–Kier alpha value is -3.30. The molecule has 0 aliphatic carbocycles. The number of morpholine rings is 1. The minimum Gasteiger partial charge on any atom is -0.379 e. The zero-order valence-corrected chi connectivity index (χ0v) is 17.6. The van der Waals surface area contributed by atoms with Crippen molar-refractivity contribution < 1.29 is 23.5 Å². The van der Waals surface area contributed by atoms with Crippen LogP contribution in [-0.2, 0) is 16.1 Å². The minimum absolute atomic E-state index is 0.0269. The number of nitrogens with one attached hydrogen (secondary N) is 2. The molecule has 2 aliphatic rings. The average Bonchev–Trinajstić information content (AvgIpc) is 3.13. The van der Waals surface area contributed by atoms with Crippen molar-refractivity contribution >= 4 is 17.8 Å². The Bertz CT molecular complexity index is 976. The molecule has 2 aromatic carbocycles. The van der Waals surface area contributed by atoms with Crippen LogP contribution in [0.1, 0.15) is 27.5 Å². The van der Waals surface area contributed by atoms with E-state index in [2.05, 4.69) is 15.5 Å². The normalized spacial score (nSPS) is 17.8. The topological polar surface area (TPSA) is 91.0 Å². The van der Waals surface area contributed by atoms with E-state index >= 15 is 0 Å². The van der Waals surface area contributed by atoms with E-state index in [9.17, 15) is 18.8 Å². The van der Waals surface area contributed by atoms with Crippen molar-refractivity contribution in [3.63, 3.8) is 0 Å². The van der Waals surface area contributed by atoms with E-state index in [-0.39, 0.29) is 36.8 Å². The Balaban J connectivity index is 1.49. The molecule has 4 amide bonds. The van der Waals surface area contributed by atoms with Crippen LogP contribution in [0.15, 0.2) is 48.5 Å². The number of halogens is 1. The number of nitrogens with zero attached hydrogens (tertiary/aromatic N) is 2. The average molecular weight is 440 g/mol. The number of hydrogen-bond acceptors (Lipinski definition) is 5. The summed E-state index contributed by atoms with van der Waals surface area (Å²) in [5.41, 5.74) is 1.89. The van der Waals surface area contributed by atoms with Gasteiger partial charge in [-0.25, -0.2) is 9.18 Å². The monoisotopic (exact) mass is 440 g/mol. The van der Waals surface area contributed by atoms with Gasteiger partial charge in [0.05, 0.1) is 32.3 Å². The summed E-state index contributed by atoms with van der Waals surface area (Å²) in [5.74, 6) is -0.935. The third-order valence-corrected chi connectivity index (χ3v) is 5.72. The van der Waals surface area contributed by atoms with E-state index in [4.69, 9.17) is 4.74 Å². The fraction of sp³-hybridized carbons (Fsp3) is 0.348. The summed E-state index contributed by atoms with van der Waals surface area (Å²) in [5, 5.41) is 5.46. The zero-order valence-electron chi connectivity index (χ0n) is 17.6. The highest BCUT2D eigenvalue weighted by Gasteiger charge is 2.30. The number of rotatable bonds is 7. The van der Waals surface area contributed by atoms with Crippen molar-refractivity contribution in [1.82, 2.24) is 20.4 Å². The van der Waals surface area contributed by atoms with E-state index in [0.29, 0.717) is 44.0 Å². The van der Waals surface area contributed by atoms with Gasteiger partial charge >= 0.3 is 6.03 Å². The van der Waals surface area contributed by atoms with Crippen LogP contribution in [0.2, 0.25) is 0 Å². The van der Waals surface area contributed by atoms with Gasteiger partial charge in [-0.15, -0.1) is 0 Å². The Morgan fingerprint density at radius 1 is 1.09 bits per heavy atom. The number of benzene rings is 2. The van der Waals surface area contributed by atoms with Crippen molar-refractivity contribution in [2.75, 3.05) is 39.4 Å². The van der Waals surface area contributed by atoms with Crippen LogP contribution in [-0.4, -0.2) is 67.0 Å². The second-order valence-electron chi connectivity index (χ2n) is 7.72. The van der Waals surface area contributed by atoms with Crippen LogP contribution in [0, 0.1) is 5.82 Å². The van der Waals surface area contributed by atoms with Gasteiger partial charge in [0.2, 0.25) is 5.91 Å². The second-order valence-corrected chi connectivity index (χ2v) is 7.72. The standard InChI is InChI=1S/C23H25FN4O4/c24-18-7-5-16(6-8-18)20(27-9-11-32-12-10-27)13-25-22(30)19-4-2-1-3-17(19)15-28-21(29)14-26-23(28)31/h1-8,20H,9-15H2,(H,25,30)(H,26,31). The van der Waals surface area contributed by atoms with Crippen molar-refractivity contribution in [1.29, 1.82) is 0 Å². The summed E-state index contributed by atoms with van der Waals surface area (Å²) < 4.78 is 18.9. The molecule has 2 saturated heterocycles. The lowest BCUT2D eigenvalue weighted by Crippen LogP contribution is -2.44. The van der Waals surface area contributed by atoms with E-state index in [1.54, 1.807) is 36.4 Å². The van der Waals surface area contributed by atoms with Crippen LogP contribution in [0.3, 0.4) is 0 Å². The van der Waals surface area contributed by atoms with Gasteiger partial charge < -0.3 is 15.4 Å². The molecular weight excluding hydrogens is 415 g/mol. The molecule has 2 heterocycles. The Kier molecular flexibility index (Phi) is 6.77. The van der Waals surface area contributed by atoms with Gasteiger partial charge in [0, 0.05) is 25.2 Å². The van der Waals surface area contributed by atoms with Gasteiger partial charge in [-0.2, -0.15) is 0 Å². The van der Waals surface area contributed by atoms with Gasteiger partial charge in [-0.05, 0) is 29.3 Å². The van der Waals surface area contributed by atoms with Crippen LogP contribution >= 0.6 is 0 Å². The van der Waals surface area contributed by atoms with Gasteiger partial charge in [-0.1, -0.05) is 30.3 Å². The minimum atomic E-state index is -0.464. The molecule has 1 atom stereocenters. The maximum Gasteiger partial charge on any atom is 0.324 e. The van der Waals surface area contributed by atoms with E-state index in [1.807, 2.05) is 0 Å². The molecule has 8 nitrogen and oxygen atoms in total. The molecule has 2 fully saturated rings. The molecule has 2 aromatic rings. The van der Waals surface area contributed by atoms with E-state index < -0.39 is 6.03 Å². The van der Waals surface area contributed by atoms with Gasteiger partial charge in [0.1, 0.15) is 5.82 Å². The highest BCUT2D eigenvalue weighted by molar-refractivity contribution is 6.02. The molecule has 168 valence electrons. The predicted octanol–water partition coefficient (Wildman–Crippen LogP) is 1.68. The fourth-order valence-corrected chi connectivity index (χ4v) is 3.98. The number of carbonyl (C=O) groups is 3. The van der Waals surface area contributed by atoms with Crippen LogP contribution in [0.4, 0.5) is 9.18 Å². The lowest BCUT2D eigenvalue weighted by Gasteiger charge is -2.35. The smallest absolute Gasteiger partial charge is 0.324 e. The van der Waals surface area contributed by atoms with Gasteiger partial charge in [0.25, 0.3) is 5.91 Å². The Morgan fingerprint density at radius 3 is 2.50 bits per heavy atom. The maximum absolute atomic E-state index is 13.4. The van der Waals surface area contributed by atoms with E-state index in [0.717, 1.165) is 10.5 Å². The number of hydrogen-bond donors (Lipinski definition) is 2. The highest BCUT2D eigenvalue weighted by atomic mass is 19.1. The molecule has 0 spiro atoms. The first kappa shape index (κ1) is 21.9. The van der Waals surface area contributed by atoms with Gasteiger partial charge in [-0.3, -0.25) is 19.4 Å². The highest BCUT2D eigenvalue weighted by Crippen LogP contribution is 2.22. The van der Waals surface area contributed by atoms with Crippen molar-refractivity contribution in [2.24, 2.45) is 0 Å². The Labute approximate surface area is 185 Å². The molecule has 32 heavy (non-hydrogen) atoms. The molecule has 0 radical (unpaired) electrons. The number of amides is 4. The van der Waals surface area contributed by atoms with Crippen molar-refractivity contribution in [2.45, 2.75) is 12.6 Å². The summed E-state index contributed by atoms with van der Waals surface area (Å²) in [6.45, 7) is 2.93. The second kappa shape index (κ2) is 9.88. The molecule has 2 aliphatic heterocycles. The third kappa shape index (κ3) is 4.95. The first-order valence-electron chi connectivity index (χ1n) is 10.5. The van der Waals surface area contributed by atoms with Crippen LogP contribution < -0.4 is 10.6 Å². The quantitative estimate of drug-likeness (QED) is 0.640. The van der Waals surface area contributed by atoms with Crippen molar-refractivity contribution in [3.8, 4) is 0 Å². The first-order valence-corrected chi connectivity index (χ1v) is 10.5. The molecule has 0 bridgehead atoms. The predicted molar refractivity (Wildman–Crippen MR) is 114 cm³/mol. The molecule has 1 unspecified atom stereocenters. The zero-order chi connectivity index (χ0) is 22.5. The molecule has 2 N–H and O–H groups in total. The molecule has 9 heteroatoms. The van der Waals surface area contributed by atoms with Gasteiger partial charge in [0.15, 0.2) is 0 Å². The van der Waals surface area contributed by atoms with E-state index in [1.165, 1.54) is 12.1 Å². The number of carbonyl (C=O) groups excluding carboxylic acids is 3. The van der Waals surface area contributed by atoms with Crippen LogP contribution in [0.5, 0.6) is 0 Å². The largest absolute Gasteiger partial charge is 0.379 e. The summed E-state index contributed by atoms with van der Waals surface area (Å²) in [6.07, 6.45) is 0. The molecule has 0 aromatic heterocycles. The van der Waals surface area contributed by atoms with Crippen molar-refractivity contribution in [3.05, 3.63) is 71.0 Å². The first-order chi connectivity index (χ1) is 15.5.